The smallest absolute Gasteiger partial charge is 0.550 e. The third-order valence-corrected chi connectivity index (χ3v) is 5.41. The molecule has 0 spiro atoms. The average Bonchev–Trinajstić information content (AvgIpc) is 2.71. The normalized spacial score (nSPS) is 16.9. The van der Waals surface area contributed by atoms with Crippen LogP contribution in [0.3, 0.4) is 0 Å². The second-order valence-electron chi connectivity index (χ2n) is 8.99. The standard InChI is InChI=1S/C24H48O8.Na/c1-4-5-9-12-20(27)23(32-17-19(3)26)15-21(28)22(31-16-18(2)25)13-10-7-6-8-11-14-24(29)30;/h18-23,25-28H,4-17H2,1-3H3,(H,29,30);/q;+1/p-1. The van der Waals surface area contributed by atoms with Crippen molar-refractivity contribution in [3.63, 3.8) is 0 Å². The van der Waals surface area contributed by atoms with Crippen molar-refractivity contribution >= 4 is 5.97 Å². The fourth-order valence-electron chi connectivity index (χ4n) is 3.57. The van der Waals surface area contributed by atoms with E-state index in [0.717, 1.165) is 44.9 Å². The zero-order chi connectivity index (χ0) is 24.4. The van der Waals surface area contributed by atoms with Crippen molar-refractivity contribution in [1.29, 1.82) is 0 Å². The van der Waals surface area contributed by atoms with Crippen LogP contribution in [0.1, 0.15) is 97.8 Å². The van der Waals surface area contributed by atoms with Crippen LogP contribution in [-0.4, -0.2) is 76.2 Å². The van der Waals surface area contributed by atoms with E-state index in [1.54, 1.807) is 13.8 Å². The Balaban J connectivity index is 0. The molecule has 0 aliphatic rings. The molecule has 0 saturated heterocycles. The van der Waals surface area contributed by atoms with Gasteiger partial charge in [-0.3, -0.25) is 0 Å². The molecule has 0 aromatic carbocycles. The Morgan fingerprint density at radius 3 is 1.82 bits per heavy atom. The summed E-state index contributed by atoms with van der Waals surface area (Å²) in [6, 6.07) is 0. The van der Waals surface area contributed by atoms with E-state index in [4.69, 9.17) is 9.47 Å². The second-order valence-corrected chi connectivity index (χ2v) is 8.99. The van der Waals surface area contributed by atoms with Crippen LogP contribution in [0, 0.1) is 0 Å². The fourth-order valence-corrected chi connectivity index (χ4v) is 3.57. The van der Waals surface area contributed by atoms with Crippen molar-refractivity contribution in [2.75, 3.05) is 13.2 Å². The summed E-state index contributed by atoms with van der Waals surface area (Å²) < 4.78 is 11.5. The number of carboxylic acids is 1. The van der Waals surface area contributed by atoms with Gasteiger partial charge in [-0.2, -0.15) is 0 Å². The van der Waals surface area contributed by atoms with Gasteiger partial charge in [-0.25, -0.2) is 0 Å². The molecule has 0 aliphatic heterocycles. The molecule has 0 rings (SSSR count). The van der Waals surface area contributed by atoms with E-state index in [-0.39, 0.29) is 55.6 Å². The number of aliphatic hydroxyl groups excluding tert-OH is 4. The maximum atomic E-state index is 10.8. The summed E-state index contributed by atoms with van der Waals surface area (Å²) in [5, 5.41) is 51.0. The first-order valence-electron chi connectivity index (χ1n) is 12.3. The molecule has 9 heteroatoms. The Kier molecular flexibility index (Phi) is 24.3. The van der Waals surface area contributed by atoms with E-state index in [2.05, 4.69) is 6.92 Å². The number of aliphatic hydroxyl groups is 4. The number of carbonyl (C=O) groups is 1. The van der Waals surface area contributed by atoms with Gasteiger partial charge < -0.3 is 39.8 Å². The van der Waals surface area contributed by atoms with Gasteiger partial charge in [0.05, 0.1) is 49.8 Å². The minimum atomic E-state index is -1.02. The number of carboxylic acid groups (broad SMARTS) is 1. The van der Waals surface area contributed by atoms with E-state index in [1.165, 1.54) is 0 Å². The van der Waals surface area contributed by atoms with Crippen LogP contribution in [0.15, 0.2) is 0 Å². The van der Waals surface area contributed by atoms with Crippen LogP contribution < -0.4 is 34.7 Å². The molecule has 0 amide bonds. The molecule has 4 N–H and O–H groups in total. The van der Waals surface area contributed by atoms with Gasteiger partial charge in [0.2, 0.25) is 0 Å². The predicted octanol–water partition coefficient (Wildman–Crippen LogP) is -1.30. The zero-order valence-electron chi connectivity index (χ0n) is 21.3. The number of hydrogen-bond acceptors (Lipinski definition) is 8. The van der Waals surface area contributed by atoms with Gasteiger partial charge in [0, 0.05) is 12.4 Å². The van der Waals surface area contributed by atoms with Gasteiger partial charge in [0.15, 0.2) is 0 Å². The molecule has 6 atom stereocenters. The molecule has 192 valence electrons. The zero-order valence-corrected chi connectivity index (χ0v) is 23.3. The third-order valence-electron chi connectivity index (χ3n) is 5.41. The topological polar surface area (TPSA) is 140 Å². The van der Waals surface area contributed by atoms with Gasteiger partial charge >= 0.3 is 29.6 Å². The first-order chi connectivity index (χ1) is 15.2. The maximum absolute atomic E-state index is 10.8. The van der Waals surface area contributed by atoms with E-state index < -0.39 is 42.6 Å². The molecular weight excluding hydrogens is 439 g/mol. The Hall–Kier alpha value is 0.230. The molecule has 0 saturated carbocycles. The predicted molar refractivity (Wildman–Crippen MR) is 121 cm³/mol. The van der Waals surface area contributed by atoms with Crippen LogP contribution in [0.4, 0.5) is 0 Å². The van der Waals surface area contributed by atoms with Crippen LogP contribution in [-0.2, 0) is 14.3 Å². The number of hydrogen-bond donors (Lipinski definition) is 4. The van der Waals surface area contributed by atoms with Gasteiger partial charge in [0.1, 0.15) is 0 Å². The molecule has 0 heterocycles. The Morgan fingerprint density at radius 1 is 0.758 bits per heavy atom. The molecule has 8 nitrogen and oxygen atoms in total. The number of unbranched alkanes of at least 4 members (excludes halogenated alkanes) is 6. The summed E-state index contributed by atoms with van der Waals surface area (Å²) in [7, 11) is 0. The molecule has 0 fully saturated rings. The Bertz CT molecular complexity index is 450. The van der Waals surface area contributed by atoms with Crippen molar-refractivity contribution in [2.24, 2.45) is 0 Å². The van der Waals surface area contributed by atoms with E-state index in [1.807, 2.05) is 0 Å². The van der Waals surface area contributed by atoms with Crippen molar-refractivity contribution in [3.05, 3.63) is 0 Å². The van der Waals surface area contributed by atoms with Gasteiger partial charge in [0.25, 0.3) is 0 Å². The number of carbonyl (C=O) groups excluding carboxylic acids is 1. The van der Waals surface area contributed by atoms with Crippen LogP contribution in [0.25, 0.3) is 0 Å². The molecular formula is C24H47NaO8. The maximum Gasteiger partial charge on any atom is 1.00 e. The van der Waals surface area contributed by atoms with Crippen molar-refractivity contribution < 1.29 is 69.4 Å². The summed E-state index contributed by atoms with van der Waals surface area (Å²) in [4.78, 5) is 10.5. The largest absolute Gasteiger partial charge is 1.00 e. The minimum Gasteiger partial charge on any atom is -0.550 e. The van der Waals surface area contributed by atoms with Crippen molar-refractivity contribution in [2.45, 2.75) is 134 Å². The molecule has 0 aromatic heterocycles. The Labute approximate surface area is 222 Å². The molecule has 0 aliphatic carbocycles. The van der Waals surface area contributed by atoms with Crippen LogP contribution in [0.5, 0.6) is 0 Å². The third kappa shape index (κ3) is 21.2. The molecule has 0 aromatic rings. The summed E-state index contributed by atoms with van der Waals surface area (Å²) in [6.07, 6.45) is 4.24. The van der Waals surface area contributed by atoms with Crippen LogP contribution in [0.2, 0.25) is 0 Å². The van der Waals surface area contributed by atoms with Gasteiger partial charge in [-0.15, -0.1) is 0 Å². The van der Waals surface area contributed by atoms with Gasteiger partial charge in [-0.1, -0.05) is 51.9 Å². The van der Waals surface area contributed by atoms with E-state index in [9.17, 15) is 30.3 Å². The molecule has 6 unspecified atom stereocenters. The molecule has 0 bridgehead atoms. The second kappa shape index (κ2) is 22.7. The van der Waals surface area contributed by atoms with Crippen LogP contribution >= 0.6 is 0 Å². The fraction of sp³-hybridized carbons (Fsp3) is 0.958. The van der Waals surface area contributed by atoms with Crippen molar-refractivity contribution in [3.8, 4) is 0 Å². The Morgan fingerprint density at radius 2 is 1.27 bits per heavy atom. The quantitative estimate of drug-likeness (QED) is 0.109. The van der Waals surface area contributed by atoms with E-state index in [0.29, 0.717) is 19.3 Å². The minimum absolute atomic E-state index is 0. The van der Waals surface area contributed by atoms with Gasteiger partial charge in [-0.05, 0) is 39.5 Å². The number of ether oxygens (including phenoxy) is 2. The van der Waals surface area contributed by atoms with Crippen molar-refractivity contribution in [1.82, 2.24) is 0 Å². The number of rotatable bonds is 22. The summed E-state index contributed by atoms with van der Waals surface area (Å²) in [5.41, 5.74) is 0. The SMILES string of the molecule is CCCCCC(O)C(CC(O)C(CCCCCCCC(=O)[O-])OCC(C)O)OCC(C)O.[Na+]. The summed E-state index contributed by atoms with van der Waals surface area (Å²) in [5.74, 6) is -1.02. The summed E-state index contributed by atoms with van der Waals surface area (Å²) in [6.45, 7) is 5.50. The first kappa shape index (κ1) is 35.4. The average molecular weight is 487 g/mol. The summed E-state index contributed by atoms with van der Waals surface area (Å²) >= 11 is 0. The monoisotopic (exact) mass is 486 g/mol. The first-order valence-corrected chi connectivity index (χ1v) is 12.3. The molecule has 0 radical (unpaired) electrons. The number of aliphatic carboxylic acids is 1. The van der Waals surface area contributed by atoms with E-state index >= 15 is 0 Å². The molecule has 33 heavy (non-hydrogen) atoms.